The van der Waals surface area contributed by atoms with E-state index >= 15 is 0 Å². The fraction of sp³-hybridized carbons (Fsp3) is 0.583. The molecule has 100 valence electrons. The molecule has 6 nitrogen and oxygen atoms in total. The average molecular weight is 253 g/mol. The summed E-state index contributed by atoms with van der Waals surface area (Å²) in [5.41, 5.74) is -2.34. The minimum absolute atomic E-state index is 0.119. The second-order valence-electron chi connectivity index (χ2n) is 5.26. The molecule has 0 aromatic carbocycles. The lowest BCUT2D eigenvalue weighted by atomic mass is 9.86. The van der Waals surface area contributed by atoms with Crippen molar-refractivity contribution in [3.8, 4) is 0 Å². The highest BCUT2D eigenvalue weighted by atomic mass is 16.3. The van der Waals surface area contributed by atoms with Crippen LogP contribution in [0.2, 0.25) is 0 Å². The van der Waals surface area contributed by atoms with Gasteiger partial charge < -0.3 is 10.4 Å². The highest BCUT2D eigenvalue weighted by Gasteiger charge is 2.36. The van der Waals surface area contributed by atoms with Crippen molar-refractivity contribution in [2.45, 2.75) is 45.4 Å². The fourth-order valence-corrected chi connectivity index (χ4v) is 1.20. The molecule has 1 amide bonds. The van der Waals surface area contributed by atoms with Gasteiger partial charge in [0.2, 0.25) is 5.91 Å². The Morgan fingerprint density at radius 2 is 2.06 bits per heavy atom. The Morgan fingerprint density at radius 1 is 1.44 bits per heavy atom. The number of hydrogen-bond donors (Lipinski definition) is 2. The minimum atomic E-state index is -1.07. The summed E-state index contributed by atoms with van der Waals surface area (Å²) < 4.78 is 1.20. The summed E-state index contributed by atoms with van der Waals surface area (Å²) in [6, 6.07) is 1.58. The number of carbonyl (C=O) groups is 1. The molecule has 1 aromatic heterocycles. The maximum atomic E-state index is 11.8. The lowest BCUT2D eigenvalue weighted by Crippen LogP contribution is -2.58. The number of hydrogen-bond acceptors (Lipinski definition) is 4. The number of carbonyl (C=O) groups excluding carboxylic acids is 1. The molecular weight excluding hydrogens is 234 g/mol. The zero-order valence-electron chi connectivity index (χ0n) is 11.1. The van der Waals surface area contributed by atoms with Gasteiger partial charge in [-0.1, -0.05) is 0 Å². The molecule has 0 radical (unpaired) electrons. The lowest BCUT2D eigenvalue weighted by molar-refractivity contribution is -0.126. The first-order valence-corrected chi connectivity index (χ1v) is 5.68. The molecule has 6 heteroatoms. The Balaban J connectivity index is 2.75. The van der Waals surface area contributed by atoms with Crippen molar-refractivity contribution in [2.75, 3.05) is 0 Å². The largest absolute Gasteiger partial charge is 0.388 e. The van der Waals surface area contributed by atoms with E-state index < -0.39 is 16.8 Å². The third-order valence-electron chi connectivity index (χ3n) is 3.08. The Hall–Kier alpha value is -1.69. The van der Waals surface area contributed by atoms with E-state index in [0.29, 0.717) is 0 Å². The van der Waals surface area contributed by atoms with Crippen molar-refractivity contribution in [1.29, 1.82) is 0 Å². The number of amides is 1. The van der Waals surface area contributed by atoms with Crippen molar-refractivity contribution in [1.82, 2.24) is 14.9 Å². The molecule has 1 heterocycles. The normalized spacial score (nSPS) is 12.3. The topological polar surface area (TPSA) is 84.2 Å². The Bertz CT molecular complexity index is 486. The van der Waals surface area contributed by atoms with Crippen molar-refractivity contribution in [3.63, 3.8) is 0 Å². The van der Waals surface area contributed by atoms with E-state index in [2.05, 4.69) is 10.3 Å². The standard InChI is InChI=1S/C12H19N3O3/c1-11(2,12(3,4)18)14-9(16)8-15-7-5-6-13-10(15)17/h5-7,18H,8H2,1-4H3,(H,14,16). The predicted molar refractivity (Wildman–Crippen MR) is 67.0 cm³/mol. The Morgan fingerprint density at radius 3 is 2.56 bits per heavy atom. The van der Waals surface area contributed by atoms with Crippen molar-refractivity contribution < 1.29 is 9.90 Å². The second kappa shape index (κ2) is 4.89. The molecule has 0 bridgehead atoms. The summed E-state index contributed by atoms with van der Waals surface area (Å²) in [6.07, 6.45) is 2.86. The predicted octanol–water partition coefficient (Wildman–Crippen LogP) is -0.0910. The van der Waals surface area contributed by atoms with Crippen LogP contribution in [0.3, 0.4) is 0 Å². The highest BCUT2D eigenvalue weighted by Crippen LogP contribution is 2.20. The van der Waals surface area contributed by atoms with E-state index in [1.165, 1.54) is 17.0 Å². The number of nitrogens with one attached hydrogen (secondary N) is 1. The number of nitrogens with zero attached hydrogens (tertiary/aromatic N) is 2. The zero-order chi connectivity index (χ0) is 14.0. The van der Waals surface area contributed by atoms with Gasteiger partial charge in [-0.3, -0.25) is 9.36 Å². The molecule has 2 N–H and O–H groups in total. The molecule has 0 atom stereocenters. The second-order valence-corrected chi connectivity index (χ2v) is 5.26. The summed E-state index contributed by atoms with van der Waals surface area (Å²) in [5.74, 6) is -0.350. The fourth-order valence-electron chi connectivity index (χ4n) is 1.20. The van der Waals surface area contributed by atoms with Gasteiger partial charge in [0.15, 0.2) is 0 Å². The van der Waals surface area contributed by atoms with Gasteiger partial charge in [0.25, 0.3) is 0 Å². The van der Waals surface area contributed by atoms with E-state index in [4.69, 9.17) is 0 Å². The molecular formula is C12H19N3O3. The molecule has 0 saturated carbocycles. The first-order chi connectivity index (χ1) is 8.13. The first-order valence-electron chi connectivity index (χ1n) is 5.68. The minimum Gasteiger partial charge on any atom is -0.388 e. The van der Waals surface area contributed by atoms with E-state index in [0.717, 1.165) is 0 Å². The monoisotopic (exact) mass is 253 g/mol. The molecule has 0 saturated heterocycles. The maximum Gasteiger partial charge on any atom is 0.347 e. The molecule has 0 aliphatic heterocycles. The van der Waals surface area contributed by atoms with E-state index in [1.54, 1.807) is 33.8 Å². The average Bonchev–Trinajstić information content (AvgIpc) is 2.19. The smallest absolute Gasteiger partial charge is 0.347 e. The SMILES string of the molecule is CC(C)(O)C(C)(C)NC(=O)Cn1cccnc1=O. The number of aromatic nitrogens is 2. The highest BCUT2D eigenvalue weighted by molar-refractivity contribution is 5.76. The van der Waals surface area contributed by atoms with E-state index in [1.807, 2.05) is 0 Å². The molecule has 18 heavy (non-hydrogen) atoms. The summed E-state index contributed by atoms with van der Waals surface area (Å²) in [4.78, 5) is 26.7. The van der Waals surface area contributed by atoms with E-state index in [-0.39, 0.29) is 12.5 Å². The summed E-state index contributed by atoms with van der Waals surface area (Å²) in [6.45, 7) is 6.55. The van der Waals surface area contributed by atoms with Crippen LogP contribution in [0.25, 0.3) is 0 Å². The van der Waals surface area contributed by atoms with Crippen LogP contribution in [-0.4, -0.2) is 31.7 Å². The molecule has 0 fully saturated rings. The van der Waals surface area contributed by atoms with Crippen molar-refractivity contribution in [3.05, 3.63) is 28.9 Å². The van der Waals surface area contributed by atoms with Gasteiger partial charge in [-0.2, -0.15) is 0 Å². The first kappa shape index (κ1) is 14.4. The molecule has 1 rings (SSSR count). The van der Waals surface area contributed by atoms with Gasteiger partial charge in [0.1, 0.15) is 6.54 Å². The van der Waals surface area contributed by atoms with Crippen LogP contribution in [0.4, 0.5) is 0 Å². The Labute approximate surface area is 106 Å². The van der Waals surface area contributed by atoms with Crippen LogP contribution in [0, 0.1) is 0 Å². The summed E-state index contributed by atoms with van der Waals surface area (Å²) in [7, 11) is 0. The van der Waals surface area contributed by atoms with Crippen LogP contribution in [-0.2, 0) is 11.3 Å². The Kier molecular flexibility index (Phi) is 3.91. The van der Waals surface area contributed by atoms with Gasteiger partial charge in [0, 0.05) is 12.4 Å². The van der Waals surface area contributed by atoms with Gasteiger partial charge in [0.05, 0.1) is 11.1 Å². The third kappa shape index (κ3) is 3.40. The van der Waals surface area contributed by atoms with Crippen LogP contribution >= 0.6 is 0 Å². The molecule has 0 aliphatic carbocycles. The molecule has 0 spiro atoms. The van der Waals surface area contributed by atoms with Gasteiger partial charge >= 0.3 is 5.69 Å². The van der Waals surface area contributed by atoms with Crippen molar-refractivity contribution >= 4 is 5.91 Å². The lowest BCUT2D eigenvalue weighted by Gasteiger charge is -2.38. The van der Waals surface area contributed by atoms with Crippen LogP contribution in [0.5, 0.6) is 0 Å². The van der Waals surface area contributed by atoms with Crippen LogP contribution in [0.1, 0.15) is 27.7 Å². The van der Waals surface area contributed by atoms with Gasteiger partial charge in [-0.05, 0) is 33.8 Å². The molecule has 0 unspecified atom stereocenters. The summed E-state index contributed by atoms with van der Waals surface area (Å²) >= 11 is 0. The number of rotatable bonds is 4. The number of aliphatic hydroxyl groups is 1. The maximum absolute atomic E-state index is 11.8. The van der Waals surface area contributed by atoms with Gasteiger partial charge in [-0.15, -0.1) is 0 Å². The summed E-state index contributed by atoms with van der Waals surface area (Å²) in [5, 5.41) is 12.6. The quantitative estimate of drug-likeness (QED) is 0.785. The van der Waals surface area contributed by atoms with Gasteiger partial charge in [-0.25, -0.2) is 9.78 Å². The molecule has 0 aliphatic rings. The van der Waals surface area contributed by atoms with Crippen LogP contribution in [0.15, 0.2) is 23.3 Å². The van der Waals surface area contributed by atoms with Crippen molar-refractivity contribution in [2.24, 2.45) is 0 Å². The van der Waals surface area contributed by atoms with E-state index in [9.17, 15) is 14.7 Å². The van der Waals surface area contributed by atoms with Crippen LogP contribution < -0.4 is 11.0 Å². The third-order valence-corrected chi connectivity index (χ3v) is 3.08. The zero-order valence-corrected chi connectivity index (χ0v) is 11.1. The molecule has 1 aromatic rings.